The molecule has 8 heteroatoms. The highest BCUT2D eigenvalue weighted by atomic mass is 15.4. The lowest BCUT2D eigenvalue weighted by Gasteiger charge is -1.96. The summed E-state index contributed by atoms with van der Waals surface area (Å²) in [5, 5.41) is 4.06. The van der Waals surface area contributed by atoms with E-state index in [0.717, 1.165) is 0 Å². The number of H-pyrrole nitrogens is 1. The monoisotopic (exact) mass is 216 g/mol. The number of nitrogens with one attached hydrogen (secondary N) is 2. The minimum Gasteiger partial charge on any atom is -0.318 e. The van der Waals surface area contributed by atoms with Gasteiger partial charge in [-0.3, -0.25) is 0 Å². The molecule has 0 bridgehead atoms. The second-order valence-electron chi connectivity index (χ2n) is 3.08. The van der Waals surface area contributed by atoms with Crippen molar-refractivity contribution in [3.8, 4) is 5.95 Å². The minimum atomic E-state index is 0.496. The van der Waals surface area contributed by atoms with Gasteiger partial charge >= 0.3 is 0 Å². The summed E-state index contributed by atoms with van der Waals surface area (Å²) >= 11 is 0. The van der Waals surface area contributed by atoms with E-state index in [1.807, 2.05) is 0 Å². The zero-order chi connectivity index (χ0) is 11.0. The number of nitrogen functional groups attached to an aromatic ring is 1. The molecule has 0 radical (unpaired) electrons. The molecule has 0 saturated heterocycles. The van der Waals surface area contributed by atoms with Crippen molar-refractivity contribution in [3.63, 3.8) is 0 Å². The number of aromatic nitrogens is 6. The molecule has 0 atom stereocenters. The zero-order valence-electron chi connectivity index (χ0n) is 8.12. The van der Waals surface area contributed by atoms with E-state index < -0.39 is 0 Å². The Morgan fingerprint density at radius 1 is 1.38 bits per heavy atom. The summed E-state index contributed by atoms with van der Waals surface area (Å²) < 4.78 is 1.60. The van der Waals surface area contributed by atoms with E-state index in [2.05, 4.69) is 30.5 Å². The van der Waals surface area contributed by atoms with Crippen molar-refractivity contribution in [3.05, 3.63) is 24.8 Å². The van der Waals surface area contributed by atoms with Crippen LogP contribution < -0.4 is 11.3 Å². The number of fused-ring (bicyclic) bond motifs is 1. The number of hydrazine groups is 1. The largest absolute Gasteiger partial charge is 0.318 e. The second-order valence-corrected chi connectivity index (χ2v) is 3.08. The van der Waals surface area contributed by atoms with Crippen molar-refractivity contribution < 1.29 is 0 Å². The van der Waals surface area contributed by atoms with Crippen LogP contribution in [0.4, 0.5) is 5.82 Å². The molecular weight excluding hydrogens is 208 g/mol. The van der Waals surface area contributed by atoms with E-state index in [1.165, 1.54) is 6.33 Å². The van der Waals surface area contributed by atoms with Gasteiger partial charge in [-0.2, -0.15) is 10.1 Å². The molecule has 0 aliphatic rings. The normalized spacial score (nSPS) is 10.8. The van der Waals surface area contributed by atoms with Crippen LogP contribution in [0.3, 0.4) is 0 Å². The van der Waals surface area contributed by atoms with Gasteiger partial charge in [0.15, 0.2) is 11.5 Å². The number of hydrogen-bond acceptors (Lipinski definition) is 6. The molecule has 0 fully saturated rings. The molecule has 4 N–H and O–H groups in total. The average Bonchev–Trinajstić information content (AvgIpc) is 2.96. The summed E-state index contributed by atoms with van der Waals surface area (Å²) in [5.74, 6) is 6.40. The standard InChI is InChI=1S/C8H8N8/c9-15-7-5-6(10-4-11-7)14-8(13-5)16-3-1-2-12-16/h1-4H,9H2,(H2,10,11,13,14,15). The molecule has 0 aromatic carbocycles. The third-order valence-electron chi connectivity index (χ3n) is 2.13. The quantitative estimate of drug-likeness (QED) is 0.405. The van der Waals surface area contributed by atoms with Gasteiger partial charge < -0.3 is 10.4 Å². The van der Waals surface area contributed by atoms with Gasteiger partial charge in [0.25, 0.3) is 0 Å². The Hall–Kier alpha value is -2.48. The minimum absolute atomic E-state index is 0.496. The van der Waals surface area contributed by atoms with Crippen LogP contribution in [0.2, 0.25) is 0 Å². The van der Waals surface area contributed by atoms with Gasteiger partial charge in [-0.15, -0.1) is 0 Å². The predicted octanol–water partition coefficient (Wildman–Crippen LogP) is -0.176. The Balaban J connectivity index is 2.23. The molecule has 3 heterocycles. The second kappa shape index (κ2) is 3.28. The van der Waals surface area contributed by atoms with Crippen LogP contribution in [-0.2, 0) is 0 Å². The molecule has 0 saturated carbocycles. The van der Waals surface area contributed by atoms with Crippen LogP contribution in [0, 0.1) is 0 Å². The lowest BCUT2D eigenvalue weighted by molar-refractivity contribution is 0.828. The van der Waals surface area contributed by atoms with Gasteiger partial charge in [0.05, 0.1) is 0 Å². The maximum absolute atomic E-state index is 5.33. The first kappa shape index (κ1) is 8.80. The molecule has 0 aliphatic carbocycles. The third kappa shape index (κ3) is 1.21. The first-order valence-corrected chi connectivity index (χ1v) is 4.56. The number of rotatable bonds is 2. The number of imidazole rings is 1. The highest BCUT2D eigenvalue weighted by Gasteiger charge is 2.09. The highest BCUT2D eigenvalue weighted by Crippen LogP contribution is 2.16. The molecule has 80 valence electrons. The summed E-state index contributed by atoms with van der Waals surface area (Å²) in [5.41, 5.74) is 3.66. The van der Waals surface area contributed by atoms with Gasteiger partial charge in [-0.25, -0.2) is 20.5 Å². The smallest absolute Gasteiger partial charge is 0.230 e. The number of nitrogens with two attached hydrogens (primary N) is 1. The van der Waals surface area contributed by atoms with Crippen molar-refractivity contribution in [2.75, 3.05) is 5.43 Å². The van der Waals surface area contributed by atoms with Crippen molar-refractivity contribution in [2.24, 2.45) is 5.84 Å². The van der Waals surface area contributed by atoms with Crippen LogP contribution in [0.15, 0.2) is 24.8 Å². The van der Waals surface area contributed by atoms with E-state index >= 15 is 0 Å². The molecule has 3 rings (SSSR count). The van der Waals surface area contributed by atoms with Crippen molar-refractivity contribution in [1.82, 2.24) is 29.7 Å². The highest BCUT2D eigenvalue weighted by molar-refractivity contribution is 5.83. The van der Waals surface area contributed by atoms with E-state index in [9.17, 15) is 0 Å². The Morgan fingerprint density at radius 3 is 3.06 bits per heavy atom. The van der Waals surface area contributed by atoms with Crippen LogP contribution in [0.25, 0.3) is 17.1 Å². The van der Waals surface area contributed by atoms with Crippen molar-refractivity contribution >= 4 is 17.0 Å². The van der Waals surface area contributed by atoms with E-state index in [0.29, 0.717) is 22.9 Å². The Kier molecular flexibility index (Phi) is 1.80. The van der Waals surface area contributed by atoms with Crippen molar-refractivity contribution in [2.45, 2.75) is 0 Å². The molecular formula is C8H8N8. The van der Waals surface area contributed by atoms with E-state index in [1.54, 1.807) is 23.1 Å². The van der Waals surface area contributed by atoms with Crippen LogP contribution in [0.1, 0.15) is 0 Å². The fourth-order valence-electron chi connectivity index (χ4n) is 1.43. The third-order valence-corrected chi connectivity index (χ3v) is 2.13. The lowest BCUT2D eigenvalue weighted by Crippen LogP contribution is -2.09. The molecule has 0 unspecified atom stereocenters. The Bertz CT molecular complexity index is 610. The Labute approximate surface area is 89.5 Å². The van der Waals surface area contributed by atoms with E-state index in [4.69, 9.17) is 5.84 Å². The average molecular weight is 216 g/mol. The van der Waals surface area contributed by atoms with Gasteiger partial charge in [-0.1, -0.05) is 0 Å². The summed E-state index contributed by atoms with van der Waals surface area (Å²) in [7, 11) is 0. The molecule has 0 aliphatic heterocycles. The first-order chi connectivity index (χ1) is 7.88. The number of aromatic amines is 1. The molecule has 16 heavy (non-hydrogen) atoms. The number of anilines is 1. The topological polar surface area (TPSA) is 110 Å². The van der Waals surface area contributed by atoms with E-state index in [-0.39, 0.29) is 0 Å². The van der Waals surface area contributed by atoms with Crippen LogP contribution >= 0.6 is 0 Å². The predicted molar refractivity (Wildman–Crippen MR) is 56.6 cm³/mol. The molecule has 0 spiro atoms. The summed E-state index contributed by atoms with van der Waals surface area (Å²) in [6.45, 7) is 0. The Morgan fingerprint density at radius 2 is 2.31 bits per heavy atom. The van der Waals surface area contributed by atoms with Gasteiger partial charge in [0.1, 0.15) is 11.8 Å². The lowest BCUT2D eigenvalue weighted by atomic mass is 10.5. The van der Waals surface area contributed by atoms with Crippen LogP contribution in [0.5, 0.6) is 0 Å². The summed E-state index contributed by atoms with van der Waals surface area (Å²) in [4.78, 5) is 15.3. The van der Waals surface area contributed by atoms with Gasteiger partial charge in [-0.05, 0) is 6.07 Å². The summed E-state index contributed by atoms with van der Waals surface area (Å²) in [6.07, 6.45) is 4.84. The van der Waals surface area contributed by atoms with Crippen molar-refractivity contribution in [1.29, 1.82) is 0 Å². The molecule has 0 amide bonds. The number of nitrogens with zero attached hydrogens (tertiary/aromatic N) is 5. The fourth-order valence-corrected chi connectivity index (χ4v) is 1.43. The molecule has 3 aromatic heterocycles. The van der Waals surface area contributed by atoms with Crippen LogP contribution in [-0.4, -0.2) is 29.7 Å². The zero-order valence-corrected chi connectivity index (χ0v) is 8.12. The van der Waals surface area contributed by atoms with Gasteiger partial charge in [0, 0.05) is 12.4 Å². The first-order valence-electron chi connectivity index (χ1n) is 4.56. The summed E-state index contributed by atoms with van der Waals surface area (Å²) in [6, 6.07) is 1.81. The van der Waals surface area contributed by atoms with Gasteiger partial charge in [0.2, 0.25) is 5.95 Å². The maximum Gasteiger partial charge on any atom is 0.230 e. The number of hydrogen-bond donors (Lipinski definition) is 3. The SMILES string of the molecule is NNc1ncnc2nc(-n3cccn3)[nH]c12. The molecule has 8 nitrogen and oxygen atoms in total. The maximum atomic E-state index is 5.33. The molecule has 3 aromatic rings. The fraction of sp³-hybridized carbons (Fsp3) is 0.